The normalized spacial score (nSPS) is 17.6. The zero-order chi connectivity index (χ0) is 16.6. The molecule has 0 spiro atoms. The zero-order valence-electron chi connectivity index (χ0n) is 12.4. The Morgan fingerprint density at radius 3 is 2.91 bits per heavy atom. The van der Waals surface area contributed by atoms with Gasteiger partial charge in [-0.15, -0.1) is 11.8 Å². The number of hydrogen-bond donors (Lipinski definition) is 1. The minimum Gasteiger partial charge on any atom is -0.479 e. The molecule has 2 aromatic rings. The summed E-state index contributed by atoms with van der Waals surface area (Å²) in [4.78, 5) is 41.0. The summed E-state index contributed by atoms with van der Waals surface area (Å²) in [6.07, 6.45) is 3.20. The van der Waals surface area contributed by atoms with Crippen LogP contribution in [0.5, 0.6) is 0 Å². The van der Waals surface area contributed by atoms with Gasteiger partial charge in [-0.25, -0.2) is 9.78 Å². The highest BCUT2D eigenvalue weighted by atomic mass is 32.2. The van der Waals surface area contributed by atoms with E-state index in [1.54, 1.807) is 29.1 Å². The minimum atomic E-state index is -1.01. The van der Waals surface area contributed by atoms with E-state index in [0.29, 0.717) is 28.9 Å². The summed E-state index contributed by atoms with van der Waals surface area (Å²) in [5.41, 5.74) is 1.05. The highest BCUT2D eigenvalue weighted by molar-refractivity contribution is 8.00. The fourth-order valence-electron chi connectivity index (χ4n) is 2.69. The van der Waals surface area contributed by atoms with Gasteiger partial charge in [0.15, 0.2) is 11.2 Å². The number of carbonyl (C=O) groups is 3. The van der Waals surface area contributed by atoms with E-state index in [9.17, 15) is 14.4 Å². The lowest BCUT2D eigenvalue weighted by molar-refractivity contribution is -0.145. The van der Waals surface area contributed by atoms with E-state index in [4.69, 9.17) is 5.11 Å². The topological polar surface area (TPSA) is 92.5 Å². The molecule has 0 unspecified atom stereocenters. The number of carboxylic acids is 1. The zero-order valence-corrected chi connectivity index (χ0v) is 13.2. The lowest BCUT2D eigenvalue weighted by Gasteiger charge is -2.20. The summed E-state index contributed by atoms with van der Waals surface area (Å²) in [5, 5.41) is 9.02. The van der Waals surface area contributed by atoms with Crippen LogP contribution >= 0.6 is 11.8 Å². The van der Waals surface area contributed by atoms with Crippen molar-refractivity contribution < 1.29 is 19.5 Å². The number of carbonyl (C=O) groups excluding carboxylic acids is 2. The quantitative estimate of drug-likeness (QED) is 0.846. The summed E-state index contributed by atoms with van der Waals surface area (Å²) < 4.78 is 1.61. The third kappa shape index (κ3) is 2.81. The molecule has 2 aromatic heterocycles. The molecular weight excluding hydrogens is 318 g/mol. The number of aromatic nitrogens is 2. The Labute approximate surface area is 136 Å². The van der Waals surface area contributed by atoms with Gasteiger partial charge in [-0.2, -0.15) is 0 Å². The third-order valence-corrected chi connectivity index (χ3v) is 4.93. The Kier molecular flexibility index (Phi) is 4.08. The van der Waals surface area contributed by atoms with Gasteiger partial charge in [0, 0.05) is 35.6 Å². The Bertz CT molecular complexity index is 801. The van der Waals surface area contributed by atoms with Crippen molar-refractivity contribution in [3.8, 4) is 0 Å². The number of hydrogen-bond acceptors (Lipinski definition) is 5. The smallest absolute Gasteiger partial charge is 0.337 e. The van der Waals surface area contributed by atoms with Gasteiger partial charge in [0.2, 0.25) is 5.91 Å². The average Bonchev–Trinajstić information content (AvgIpc) is 3.12. The molecule has 1 fully saturated rings. The lowest BCUT2D eigenvalue weighted by atomic mass is 10.2. The monoisotopic (exact) mass is 333 g/mol. The first-order valence-corrected chi connectivity index (χ1v) is 8.12. The predicted molar refractivity (Wildman–Crippen MR) is 85.3 cm³/mol. The summed E-state index contributed by atoms with van der Waals surface area (Å²) >= 11 is 1.24. The maximum absolute atomic E-state index is 12.5. The van der Waals surface area contributed by atoms with Gasteiger partial charge in [0.05, 0.1) is 0 Å². The molecule has 1 atom stereocenters. The number of pyridine rings is 1. The van der Waals surface area contributed by atoms with Crippen molar-refractivity contribution in [1.29, 1.82) is 0 Å². The van der Waals surface area contributed by atoms with Crippen LogP contribution in [0.3, 0.4) is 0 Å². The highest BCUT2D eigenvalue weighted by Gasteiger charge is 2.34. The van der Waals surface area contributed by atoms with Crippen molar-refractivity contribution in [1.82, 2.24) is 14.5 Å². The van der Waals surface area contributed by atoms with Gasteiger partial charge in [-0.1, -0.05) is 0 Å². The van der Waals surface area contributed by atoms with E-state index >= 15 is 0 Å². The summed E-state index contributed by atoms with van der Waals surface area (Å²) in [5.74, 6) is -0.804. The molecule has 1 saturated heterocycles. The van der Waals surface area contributed by atoms with Gasteiger partial charge in [0.25, 0.3) is 0 Å². The van der Waals surface area contributed by atoms with Crippen LogP contribution in [0.2, 0.25) is 0 Å². The molecule has 8 heteroatoms. The van der Waals surface area contributed by atoms with Gasteiger partial charge >= 0.3 is 5.97 Å². The molecule has 7 nitrogen and oxygen atoms in total. The predicted octanol–water partition coefficient (Wildman–Crippen LogP) is 1.22. The molecule has 1 aliphatic rings. The first-order valence-electron chi connectivity index (χ1n) is 7.07. The number of fused-ring (bicyclic) bond motifs is 1. The molecule has 0 saturated carbocycles. The summed E-state index contributed by atoms with van der Waals surface area (Å²) in [6, 6.07) is 3.52. The van der Waals surface area contributed by atoms with E-state index < -0.39 is 11.3 Å². The van der Waals surface area contributed by atoms with E-state index in [-0.39, 0.29) is 18.2 Å². The van der Waals surface area contributed by atoms with E-state index in [1.807, 2.05) is 0 Å². The number of thioether (sulfide) groups is 1. The molecule has 120 valence electrons. The largest absolute Gasteiger partial charge is 0.479 e. The first kappa shape index (κ1) is 15.5. The molecule has 23 heavy (non-hydrogen) atoms. The molecule has 0 radical (unpaired) electrons. The molecule has 1 aliphatic heterocycles. The Morgan fingerprint density at radius 2 is 2.22 bits per heavy atom. The number of Topliss-reactive ketones (excluding diaryl/α,β-unsaturated/α-hetero) is 1. The van der Waals surface area contributed by atoms with E-state index in [1.165, 1.54) is 23.6 Å². The van der Waals surface area contributed by atoms with Crippen molar-refractivity contribution in [2.45, 2.75) is 18.8 Å². The van der Waals surface area contributed by atoms with Crippen LogP contribution in [0, 0.1) is 0 Å². The molecular formula is C15H15N3O4S. The van der Waals surface area contributed by atoms with Crippen LogP contribution in [0.25, 0.3) is 11.0 Å². The molecule has 1 N–H and O–H groups in total. The van der Waals surface area contributed by atoms with Gasteiger partial charge < -0.3 is 14.6 Å². The SMILES string of the molecule is CC(=O)c1cn(CC(=O)N2CCS[C@H]2C(=O)O)c2ncccc12. The van der Waals surface area contributed by atoms with Crippen molar-refractivity contribution in [3.63, 3.8) is 0 Å². The van der Waals surface area contributed by atoms with Crippen molar-refractivity contribution >= 4 is 40.5 Å². The number of amides is 1. The number of ketones is 1. The highest BCUT2D eigenvalue weighted by Crippen LogP contribution is 2.25. The van der Waals surface area contributed by atoms with E-state index in [2.05, 4.69) is 4.98 Å². The van der Waals surface area contributed by atoms with Crippen LogP contribution < -0.4 is 0 Å². The first-order chi connectivity index (χ1) is 11.0. The Balaban J connectivity index is 1.91. The fourth-order valence-corrected chi connectivity index (χ4v) is 3.76. The molecule has 0 bridgehead atoms. The minimum absolute atomic E-state index is 0.0366. The van der Waals surface area contributed by atoms with E-state index in [0.717, 1.165) is 0 Å². The van der Waals surface area contributed by atoms with Gasteiger partial charge in [0.1, 0.15) is 12.2 Å². The second-order valence-electron chi connectivity index (χ2n) is 5.25. The molecule has 0 aliphatic carbocycles. The molecule has 3 rings (SSSR count). The lowest BCUT2D eigenvalue weighted by Crippen LogP contribution is -2.41. The fraction of sp³-hybridized carbons (Fsp3) is 0.333. The average molecular weight is 333 g/mol. The molecule has 0 aromatic carbocycles. The van der Waals surface area contributed by atoms with Gasteiger partial charge in [-0.3, -0.25) is 9.59 Å². The number of aliphatic carboxylic acids is 1. The summed E-state index contributed by atoms with van der Waals surface area (Å²) in [7, 11) is 0. The number of nitrogens with zero attached hydrogens (tertiary/aromatic N) is 3. The molecule has 1 amide bonds. The number of rotatable bonds is 4. The van der Waals surface area contributed by atoms with Crippen LogP contribution in [-0.2, 0) is 16.1 Å². The van der Waals surface area contributed by atoms with Crippen molar-refractivity contribution in [2.75, 3.05) is 12.3 Å². The number of carboxylic acid groups (broad SMARTS) is 1. The van der Waals surface area contributed by atoms with Crippen LogP contribution in [-0.4, -0.2) is 54.9 Å². The van der Waals surface area contributed by atoms with Crippen molar-refractivity contribution in [3.05, 3.63) is 30.1 Å². The standard InChI is InChI=1S/C15H15N3O4S/c1-9(19)11-7-17(13-10(11)3-2-4-16-13)8-12(20)18-5-6-23-14(18)15(21)22/h2-4,7,14H,5-6,8H2,1H3,(H,21,22)/t14-/m0/s1. The second-order valence-corrected chi connectivity index (χ2v) is 6.44. The van der Waals surface area contributed by atoms with Gasteiger partial charge in [-0.05, 0) is 19.1 Å². The Morgan fingerprint density at radius 1 is 1.43 bits per heavy atom. The van der Waals surface area contributed by atoms with Crippen LogP contribution in [0.1, 0.15) is 17.3 Å². The molecule has 3 heterocycles. The van der Waals surface area contributed by atoms with Crippen molar-refractivity contribution in [2.24, 2.45) is 0 Å². The Hall–Kier alpha value is -2.35. The second kappa shape index (κ2) is 6.04. The summed E-state index contributed by atoms with van der Waals surface area (Å²) in [6.45, 7) is 1.84. The maximum Gasteiger partial charge on any atom is 0.337 e. The maximum atomic E-state index is 12.5. The van der Waals surface area contributed by atoms with Crippen LogP contribution in [0.4, 0.5) is 0 Å². The van der Waals surface area contributed by atoms with Crippen LogP contribution in [0.15, 0.2) is 24.5 Å². The third-order valence-electron chi connectivity index (χ3n) is 3.74.